The number of carbonyl (C=O) groups is 2. The summed E-state index contributed by atoms with van der Waals surface area (Å²) in [7, 11) is 3.38. The Morgan fingerprint density at radius 1 is 1.09 bits per heavy atom. The number of halogens is 1. The van der Waals surface area contributed by atoms with Gasteiger partial charge in [-0.3, -0.25) is 4.79 Å². The molecule has 1 amide bonds. The number of hydrogen-bond donors (Lipinski definition) is 0. The fourth-order valence-corrected chi connectivity index (χ4v) is 2.90. The van der Waals surface area contributed by atoms with Gasteiger partial charge in [-0.1, -0.05) is 28.4 Å². The van der Waals surface area contributed by atoms with Crippen LogP contribution in [0.3, 0.4) is 0 Å². The second-order valence-corrected chi connectivity index (χ2v) is 6.53. The van der Waals surface area contributed by atoms with Crippen molar-refractivity contribution < 1.29 is 19.1 Å². The van der Waals surface area contributed by atoms with Gasteiger partial charge in [-0.05, 0) is 37.3 Å². The molecular weight excluding hydrogens is 314 g/mol. The molecule has 2 aromatic rings. The number of nitrogens with zero attached hydrogens (tertiary/aromatic N) is 1. The average molecular weight is 331 g/mol. The minimum absolute atomic E-state index is 0.0192. The molecule has 3 rings (SSSR count). The van der Waals surface area contributed by atoms with E-state index < -0.39 is 0 Å². The molecule has 0 N–H and O–H groups in total. The Bertz CT molecular complexity index is 796. The number of carbonyl (C=O) groups excluding carboxylic acids is 2. The zero-order valence-electron chi connectivity index (χ0n) is 13.2. The molecule has 1 aliphatic rings. The zero-order chi connectivity index (χ0) is 16.8. The first-order chi connectivity index (χ1) is 10.8. The summed E-state index contributed by atoms with van der Waals surface area (Å²) in [5.74, 6) is 0.174. The molecule has 0 aromatic heterocycles. The number of ketones is 1. The van der Waals surface area contributed by atoms with Crippen molar-refractivity contribution in [3.63, 3.8) is 0 Å². The first-order valence-corrected chi connectivity index (χ1v) is 7.69. The van der Waals surface area contributed by atoms with Crippen molar-refractivity contribution in [3.05, 3.63) is 64.2 Å². The lowest BCUT2D eigenvalue weighted by molar-refractivity contribution is -0.984. The normalized spacial score (nSPS) is 19.0. The average Bonchev–Trinajstić information content (AvgIpc) is 2.52. The fourth-order valence-electron chi connectivity index (χ4n) is 2.77. The minimum atomic E-state index is -0.270. The van der Waals surface area contributed by atoms with Gasteiger partial charge in [0.1, 0.15) is 20.0 Å². The van der Waals surface area contributed by atoms with Gasteiger partial charge in [-0.2, -0.15) is 0 Å². The monoisotopic (exact) mass is 330 g/mol. The van der Waals surface area contributed by atoms with E-state index in [0.717, 1.165) is 5.56 Å². The minimum Gasteiger partial charge on any atom is -0.308 e. The third kappa shape index (κ3) is 2.76. The molecule has 0 radical (unpaired) electrons. The highest BCUT2D eigenvalue weighted by molar-refractivity contribution is 6.30. The Labute approximate surface area is 139 Å². The van der Waals surface area contributed by atoms with E-state index in [0.29, 0.717) is 21.9 Å². The van der Waals surface area contributed by atoms with Gasteiger partial charge in [0, 0.05) is 21.7 Å². The molecule has 0 saturated heterocycles. The molecule has 118 valence electrons. The summed E-state index contributed by atoms with van der Waals surface area (Å²) in [4.78, 5) is 30.6. The third-order valence-corrected chi connectivity index (χ3v) is 4.33. The summed E-state index contributed by atoms with van der Waals surface area (Å²) in [5.41, 5.74) is 1.88. The van der Waals surface area contributed by atoms with Gasteiger partial charge >= 0.3 is 5.91 Å². The Morgan fingerprint density at radius 2 is 1.70 bits per heavy atom. The van der Waals surface area contributed by atoms with Gasteiger partial charge in [0.25, 0.3) is 0 Å². The number of benzene rings is 2. The van der Waals surface area contributed by atoms with Crippen LogP contribution < -0.4 is 4.84 Å². The highest BCUT2D eigenvalue weighted by atomic mass is 35.5. The number of fused-ring (bicyclic) bond motifs is 1. The molecule has 1 aliphatic heterocycles. The van der Waals surface area contributed by atoms with Crippen LogP contribution in [0.25, 0.3) is 0 Å². The van der Waals surface area contributed by atoms with Crippen LogP contribution in [0, 0.1) is 0 Å². The maximum atomic E-state index is 12.6. The topological polar surface area (TPSA) is 43.4 Å². The largest absolute Gasteiger partial charge is 0.361 e. The smallest absolute Gasteiger partial charge is 0.308 e. The number of rotatable bonds is 2. The number of hydrogen-bond acceptors (Lipinski definition) is 3. The molecule has 2 aromatic carbocycles. The van der Waals surface area contributed by atoms with E-state index in [1.807, 2.05) is 6.92 Å². The lowest BCUT2D eigenvalue weighted by atomic mass is 9.94. The molecule has 0 spiro atoms. The lowest BCUT2D eigenvalue weighted by Gasteiger charge is -2.33. The Hall–Kier alpha value is -2.17. The lowest BCUT2D eigenvalue weighted by Crippen LogP contribution is -2.53. The van der Waals surface area contributed by atoms with E-state index in [-0.39, 0.29) is 22.3 Å². The molecule has 4 nitrogen and oxygen atoms in total. The molecule has 23 heavy (non-hydrogen) atoms. The first-order valence-electron chi connectivity index (χ1n) is 7.32. The molecule has 0 saturated carbocycles. The maximum Gasteiger partial charge on any atom is 0.361 e. The second-order valence-electron chi connectivity index (χ2n) is 6.09. The summed E-state index contributed by atoms with van der Waals surface area (Å²) in [6.07, 6.45) is 0. The van der Waals surface area contributed by atoms with Gasteiger partial charge in [0.05, 0.1) is 0 Å². The van der Waals surface area contributed by atoms with Crippen molar-refractivity contribution in [2.45, 2.75) is 12.8 Å². The Kier molecular flexibility index (Phi) is 3.74. The van der Waals surface area contributed by atoms with Gasteiger partial charge in [0.15, 0.2) is 11.5 Å². The van der Waals surface area contributed by atoms with Gasteiger partial charge in [-0.15, -0.1) is 0 Å². The summed E-state index contributed by atoms with van der Waals surface area (Å²) in [6, 6.07) is 12.0. The predicted octanol–water partition coefficient (Wildman–Crippen LogP) is 3.58. The van der Waals surface area contributed by atoms with E-state index in [9.17, 15) is 9.59 Å². The van der Waals surface area contributed by atoms with E-state index in [1.54, 1.807) is 56.6 Å². The number of likely N-dealkylation sites (N-methyl/N-ethyl adjacent to an activating group) is 1. The van der Waals surface area contributed by atoms with Crippen molar-refractivity contribution in [1.82, 2.24) is 0 Å². The molecule has 0 bridgehead atoms. The SMILES string of the molecule is CC1C(=O)[N+](C)(C)Oc2cc(C(=O)c3ccc(Cl)cc3)ccc21. The van der Waals surface area contributed by atoms with Crippen molar-refractivity contribution >= 4 is 23.3 Å². The number of hydroxylamine groups is 3. The van der Waals surface area contributed by atoms with Crippen LogP contribution >= 0.6 is 11.6 Å². The maximum absolute atomic E-state index is 12.6. The van der Waals surface area contributed by atoms with Crippen molar-refractivity contribution in [2.24, 2.45) is 0 Å². The number of quaternary nitrogens is 1. The summed E-state index contributed by atoms with van der Waals surface area (Å²) >= 11 is 5.85. The summed E-state index contributed by atoms with van der Waals surface area (Å²) < 4.78 is -0.188. The van der Waals surface area contributed by atoms with Crippen molar-refractivity contribution in [2.75, 3.05) is 14.1 Å². The number of amides is 1. The highest BCUT2D eigenvalue weighted by Gasteiger charge is 2.42. The molecule has 1 unspecified atom stereocenters. The fraction of sp³-hybridized carbons (Fsp3) is 0.222. The first kappa shape index (κ1) is 15.7. The summed E-state index contributed by atoms with van der Waals surface area (Å²) in [6.45, 7) is 1.85. The predicted molar refractivity (Wildman–Crippen MR) is 87.5 cm³/mol. The standard InChI is InChI=1S/C18H17ClNO3/c1-11-15-9-6-13(10-16(15)23-20(2,3)18(11)22)17(21)12-4-7-14(19)8-5-12/h4-11H,1-3H3/q+1. The quantitative estimate of drug-likeness (QED) is 0.624. The van der Waals surface area contributed by atoms with Crippen LogP contribution in [0.2, 0.25) is 5.02 Å². The van der Waals surface area contributed by atoms with Crippen LogP contribution in [-0.2, 0) is 4.79 Å². The molecule has 1 atom stereocenters. The van der Waals surface area contributed by atoms with E-state index in [4.69, 9.17) is 16.4 Å². The molecule has 0 aliphatic carbocycles. The molecule has 1 heterocycles. The highest BCUT2D eigenvalue weighted by Crippen LogP contribution is 2.36. The van der Waals surface area contributed by atoms with E-state index in [2.05, 4.69) is 0 Å². The van der Waals surface area contributed by atoms with Crippen LogP contribution in [0.5, 0.6) is 5.75 Å². The van der Waals surface area contributed by atoms with E-state index >= 15 is 0 Å². The van der Waals surface area contributed by atoms with Crippen LogP contribution in [-0.4, -0.2) is 30.4 Å². The third-order valence-electron chi connectivity index (χ3n) is 4.08. The van der Waals surface area contributed by atoms with Gasteiger partial charge in [0.2, 0.25) is 0 Å². The van der Waals surface area contributed by atoms with E-state index in [1.165, 1.54) is 0 Å². The molecule has 0 fully saturated rings. The van der Waals surface area contributed by atoms with Crippen LogP contribution in [0.15, 0.2) is 42.5 Å². The van der Waals surface area contributed by atoms with Crippen molar-refractivity contribution in [1.29, 1.82) is 0 Å². The van der Waals surface area contributed by atoms with Gasteiger partial charge < -0.3 is 4.84 Å². The second kappa shape index (κ2) is 5.48. The molecule has 5 heteroatoms. The van der Waals surface area contributed by atoms with Crippen molar-refractivity contribution in [3.8, 4) is 5.75 Å². The zero-order valence-corrected chi connectivity index (χ0v) is 13.9. The summed E-state index contributed by atoms with van der Waals surface area (Å²) in [5, 5.41) is 0.585. The van der Waals surface area contributed by atoms with Crippen LogP contribution in [0.4, 0.5) is 0 Å². The Balaban J connectivity index is 2.00. The van der Waals surface area contributed by atoms with Crippen LogP contribution in [0.1, 0.15) is 34.3 Å². The Morgan fingerprint density at radius 3 is 2.35 bits per heavy atom. The van der Waals surface area contributed by atoms with Gasteiger partial charge in [-0.25, -0.2) is 4.79 Å². The molecular formula is C18H17ClNO3+.